The van der Waals surface area contributed by atoms with Gasteiger partial charge in [0.05, 0.1) is 28.1 Å². The smallest absolute Gasteiger partial charge is 0.144 e. The number of nitrogens with one attached hydrogen (secondary N) is 1. The summed E-state index contributed by atoms with van der Waals surface area (Å²) in [5.74, 6) is 1.51. The van der Waals surface area contributed by atoms with E-state index in [4.69, 9.17) is 23.2 Å². The Hall–Kier alpha value is -0.970. The van der Waals surface area contributed by atoms with Crippen LogP contribution in [-0.4, -0.2) is 17.0 Å². The fraction of sp³-hybridized carbons (Fsp3) is 0.167. The fourth-order valence-electron chi connectivity index (χ4n) is 1.28. The molecule has 3 nitrogen and oxygen atoms in total. The lowest BCUT2D eigenvalue weighted by atomic mass is 10.4. The van der Waals surface area contributed by atoms with E-state index in [0.717, 1.165) is 22.2 Å². The van der Waals surface area contributed by atoms with Gasteiger partial charge in [-0.05, 0) is 18.2 Å². The standard InChI is InChI=1S/C12H11Cl2N3S/c1-15-12-6-16-8(5-17-12)7-18-9-2-3-10(13)11(14)4-9/h2-6H,7H2,1H3,(H,15,17). The lowest BCUT2D eigenvalue weighted by molar-refractivity contribution is 1.10. The number of hydrogen-bond donors (Lipinski definition) is 1. The van der Waals surface area contributed by atoms with Crippen molar-refractivity contribution in [1.82, 2.24) is 9.97 Å². The normalized spacial score (nSPS) is 10.4. The number of halogens is 2. The van der Waals surface area contributed by atoms with E-state index in [0.29, 0.717) is 10.0 Å². The van der Waals surface area contributed by atoms with Crippen LogP contribution in [0.15, 0.2) is 35.5 Å². The minimum atomic E-state index is 0.568. The van der Waals surface area contributed by atoms with Gasteiger partial charge < -0.3 is 5.32 Å². The zero-order valence-corrected chi connectivity index (χ0v) is 12.0. The molecule has 2 aromatic rings. The molecule has 0 fully saturated rings. The van der Waals surface area contributed by atoms with E-state index in [9.17, 15) is 0 Å². The van der Waals surface area contributed by atoms with Gasteiger partial charge in [-0.3, -0.25) is 4.98 Å². The van der Waals surface area contributed by atoms with Crippen molar-refractivity contribution in [3.05, 3.63) is 46.3 Å². The number of thioether (sulfide) groups is 1. The molecule has 0 aliphatic carbocycles. The van der Waals surface area contributed by atoms with Gasteiger partial charge in [0.1, 0.15) is 5.82 Å². The van der Waals surface area contributed by atoms with E-state index < -0.39 is 0 Å². The van der Waals surface area contributed by atoms with Gasteiger partial charge in [-0.2, -0.15) is 0 Å². The first-order chi connectivity index (χ1) is 8.69. The molecule has 0 radical (unpaired) electrons. The number of anilines is 1. The Morgan fingerprint density at radius 3 is 2.61 bits per heavy atom. The predicted octanol–water partition coefficient (Wildman–Crippen LogP) is 4.12. The Labute approximate surface area is 120 Å². The van der Waals surface area contributed by atoms with Crippen molar-refractivity contribution >= 4 is 40.8 Å². The monoisotopic (exact) mass is 299 g/mol. The number of benzene rings is 1. The summed E-state index contributed by atoms with van der Waals surface area (Å²) in [4.78, 5) is 9.57. The SMILES string of the molecule is CNc1cnc(CSc2ccc(Cl)c(Cl)c2)cn1. The van der Waals surface area contributed by atoms with Gasteiger partial charge in [-0.15, -0.1) is 11.8 Å². The number of rotatable bonds is 4. The molecule has 0 amide bonds. The molecular formula is C12H11Cl2N3S. The van der Waals surface area contributed by atoms with E-state index in [2.05, 4.69) is 15.3 Å². The molecule has 0 saturated carbocycles. The molecular weight excluding hydrogens is 289 g/mol. The Kier molecular flexibility index (Phi) is 4.69. The van der Waals surface area contributed by atoms with Gasteiger partial charge in [0.2, 0.25) is 0 Å². The highest BCUT2D eigenvalue weighted by Gasteiger charge is 2.02. The Morgan fingerprint density at radius 1 is 1.17 bits per heavy atom. The maximum absolute atomic E-state index is 5.95. The van der Waals surface area contributed by atoms with Crippen molar-refractivity contribution in [2.24, 2.45) is 0 Å². The van der Waals surface area contributed by atoms with E-state index in [-0.39, 0.29) is 0 Å². The molecule has 0 spiro atoms. The van der Waals surface area contributed by atoms with Crippen molar-refractivity contribution in [2.75, 3.05) is 12.4 Å². The highest BCUT2D eigenvalue weighted by Crippen LogP contribution is 2.29. The van der Waals surface area contributed by atoms with Gasteiger partial charge in [0, 0.05) is 17.7 Å². The third-order valence-corrected chi connectivity index (χ3v) is 4.01. The number of nitrogens with zero attached hydrogens (tertiary/aromatic N) is 2. The van der Waals surface area contributed by atoms with E-state index in [1.807, 2.05) is 19.2 Å². The van der Waals surface area contributed by atoms with Gasteiger partial charge in [0.25, 0.3) is 0 Å². The van der Waals surface area contributed by atoms with Crippen LogP contribution in [0.4, 0.5) is 5.82 Å². The molecule has 0 atom stereocenters. The summed E-state index contributed by atoms with van der Waals surface area (Å²) in [6.45, 7) is 0. The summed E-state index contributed by atoms with van der Waals surface area (Å²) < 4.78 is 0. The van der Waals surface area contributed by atoms with Crippen LogP contribution in [0.25, 0.3) is 0 Å². The topological polar surface area (TPSA) is 37.8 Å². The predicted molar refractivity (Wildman–Crippen MR) is 77.6 cm³/mol. The van der Waals surface area contributed by atoms with Crippen molar-refractivity contribution in [1.29, 1.82) is 0 Å². The lowest BCUT2D eigenvalue weighted by Gasteiger charge is -2.04. The quantitative estimate of drug-likeness (QED) is 0.862. The Morgan fingerprint density at radius 2 is 2.00 bits per heavy atom. The van der Waals surface area contributed by atoms with Crippen LogP contribution in [0.2, 0.25) is 10.0 Å². The summed E-state index contributed by atoms with van der Waals surface area (Å²) >= 11 is 13.5. The maximum atomic E-state index is 5.95. The Bertz CT molecular complexity index is 531. The Balaban J connectivity index is 1.99. The highest BCUT2D eigenvalue weighted by atomic mass is 35.5. The molecule has 0 bridgehead atoms. The van der Waals surface area contributed by atoms with Crippen molar-refractivity contribution in [3.63, 3.8) is 0 Å². The minimum absolute atomic E-state index is 0.568. The van der Waals surface area contributed by atoms with E-state index >= 15 is 0 Å². The molecule has 94 valence electrons. The molecule has 18 heavy (non-hydrogen) atoms. The largest absolute Gasteiger partial charge is 0.372 e. The van der Waals surface area contributed by atoms with Crippen LogP contribution in [-0.2, 0) is 5.75 Å². The molecule has 0 saturated heterocycles. The third kappa shape index (κ3) is 3.51. The summed E-state index contributed by atoms with van der Waals surface area (Å²) in [5, 5.41) is 4.07. The molecule has 6 heteroatoms. The molecule has 1 heterocycles. The fourth-order valence-corrected chi connectivity index (χ4v) is 2.47. The van der Waals surface area contributed by atoms with Crippen LogP contribution in [0.1, 0.15) is 5.69 Å². The molecule has 1 aromatic carbocycles. The van der Waals surface area contributed by atoms with Crippen LogP contribution in [0, 0.1) is 0 Å². The van der Waals surface area contributed by atoms with E-state index in [1.54, 1.807) is 30.2 Å². The zero-order valence-electron chi connectivity index (χ0n) is 9.65. The minimum Gasteiger partial charge on any atom is -0.372 e. The first kappa shape index (κ1) is 13.5. The third-order valence-electron chi connectivity index (χ3n) is 2.24. The van der Waals surface area contributed by atoms with Crippen LogP contribution >= 0.6 is 35.0 Å². The lowest BCUT2D eigenvalue weighted by Crippen LogP contribution is -1.95. The molecule has 1 aromatic heterocycles. The van der Waals surface area contributed by atoms with Crippen LogP contribution < -0.4 is 5.32 Å². The van der Waals surface area contributed by atoms with Gasteiger partial charge in [-0.1, -0.05) is 23.2 Å². The van der Waals surface area contributed by atoms with Crippen LogP contribution in [0.3, 0.4) is 0 Å². The molecule has 0 unspecified atom stereocenters. The van der Waals surface area contributed by atoms with Gasteiger partial charge in [0.15, 0.2) is 0 Å². The highest BCUT2D eigenvalue weighted by molar-refractivity contribution is 7.98. The first-order valence-corrected chi connectivity index (χ1v) is 6.99. The molecule has 0 aliphatic heterocycles. The zero-order chi connectivity index (χ0) is 13.0. The first-order valence-electron chi connectivity index (χ1n) is 5.25. The van der Waals surface area contributed by atoms with Gasteiger partial charge in [-0.25, -0.2) is 4.98 Å². The molecule has 1 N–H and O–H groups in total. The summed E-state index contributed by atoms with van der Waals surface area (Å²) in [5.41, 5.74) is 0.921. The second kappa shape index (κ2) is 6.27. The van der Waals surface area contributed by atoms with Crippen LogP contribution in [0.5, 0.6) is 0 Å². The number of hydrogen-bond acceptors (Lipinski definition) is 4. The average Bonchev–Trinajstić information content (AvgIpc) is 2.41. The summed E-state index contributed by atoms with van der Waals surface area (Å²) in [6, 6.07) is 5.58. The maximum Gasteiger partial charge on any atom is 0.144 e. The number of aromatic nitrogens is 2. The molecule has 2 rings (SSSR count). The second-order valence-corrected chi connectivity index (χ2v) is 5.37. The van der Waals surface area contributed by atoms with Crippen molar-refractivity contribution < 1.29 is 0 Å². The van der Waals surface area contributed by atoms with E-state index in [1.165, 1.54) is 0 Å². The second-order valence-electron chi connectivity index (χ2n) is 3.51. The van der Waals surface area contributed by atoms with Crippen molar-refractivity contribution in [2.45, 2.75) is 10.6 Å². The summed E-state index contributed by atoms with van der Waals surface area (Å²) in [6.07, 6.45) is 3.47. The average molecular weight is 300 g/mol. The molecule has 0 aliphatic rings. The summed E-state index contributed by atoms with van der Waals surface area (Å²) in [7, 11) is 1.81. The van der Waals surface area contributed by atoms with Gasteiger partial charge >= 0.3 is 0 Å². The van der Waals surface area contributed by atoms with Crippen molar-refractivity contribution in [3.8, 4) is 0 Å².